The van der Waals surface area contributed by atoms with E-state index in [0.29, 0.717) is 18.0 Å². The van der Waals surface area contributed by atoms with Crippen molar-refractivity contribution in [2.75, 3.05) is 32.8 Å². The molecule has 0 amide bonds. The van der Waals surface area contributed by atoms with Crippen LogP contribution in [0.1, 0.15) is 50.2 Å². The number of aliphatic imine (C=N–C) groups is 1. The normalized spacial score (nSPS) is 24.1. The molecule has 3 atom stereocenters. The van der Waals surface area contributed by atoms with Gasteiger partial charge >= 0.3 is 11.9 Å². The highest BCUT2D eigenvalue weighted by atomic mass is 32.1. The Bertz CT molecular complexity index is 1450. The first-order valence-corrected chi connectivity index (χ1v) is 14.9. The number of nitrogens with zero attached hydrogens (tertiary/aromatic N) is 4. The Hall–Kier alpha value is -3.36. The van der Waals surface area contributed by atoms with Crippen LogP contribution in [-0.4, -0.2) is 88.5 Å². The molecule has 232 valence electrons. The van der Waals surface area contributed by atoms with Crippen LogP contribution in [0.15, 0.2) is 46.0 Å². The van der Waals surface area contributed by atoms with Crippen LogP contribution in [0.25, 0.3) is 0 Å². The van der Waals surface area contributed by atoms with Gasteiger partial charge in [-0.05, 0) is 46.2 Å². The molecule has 14 heteroatoms. The van der Waals surface area contributed by atoms with Crippen molar-refractivity contribution in [1.29, 1.82) is 0 Å². The first-order chi connectivity index (χ1) is 20.3. The van der Waals surface area contributed by atoms with E-state index in [1.807, 2.05) is 0 Å². The number of carbonyl (C=O) groups is 2. The predicted molar refractivity (Wildman–Crippen MR) is 151 cm³/mol. The van der Waals surface area contributed by atoms with Gasteiger partial charge in [0.25, 0.3) is 5.92 Å². The van der Waals surface area contributed by atoms with E-state index in [4.69, 9.17) is 4.74 Å². The number of benzene rings is 1. The Balaban J connectivity index is 1.51. The van der Waals surface area contributed by atoms with Crippen LogP contribution in [-0.2, 0) is 14.3 Å². The lowest BCUT2D eigenvalue weighted by molar-refractivity contribution is -0.147. The molecule has 3 aliphatic heterocycles. The van der Waals surface area contributed by atoms with Gasteiger partial charge in [0.1, 0.15) is 6.04 Å². The van der Waals surface area contributed by atoms with Crippen molar-refractivity contribution in [3.63, 3.8) is 0 Å². The third-order valence-electron chi connectivity index (χ3n) is 8.28. The number of hydrogen-bond donors (Lipinski definition) is 2. The topological polar surface area (TPSA) is 107 Å². The number of carbonyl (C=O) groups excluding carboxylic acids is 1. The number of ether oxygens (including phenoxy) is 1. The third kappa shape index (κ3) is 6.04. The Morgan fingerprint density at radius 3 is 2.70 bits per heavy atom. The fourth-order valence-electron chi connectivity index (χ4n) is 5.98. The number of amidine groups is 1. The number of alkyl halides is 2. The molecule has 0 radical (unpaired) electrons. The van der Waals surface area contributed by atoms with Crippen LogP contribution in [0.5, 0.6) is 0 Å². The zero-order chi connectivity index (χ0) is 31.1. The van der Waals surface area contributed by atoms with Crippen molar-refractivity contribution in [2.45, 2.75) is 57.7 Å². The number of aromatic nitrogens is 1. The summed E-state index contributed by atoms with van der Waals surface area (Å²) in [7, 11) is 0. The molecule has 2 fully saturated rings. The second kappa shape index (κ2) is 12.0. The second-order valence-electron chi connectivity index (χ2n) is 11.5. The molecule has 4 heterocycles. The van der Waals surface area contributed by atoms with Gasteiger partial charge in [0, 0.05) is 42.0 Å². The highest BCUT2D eigenvalue weighted by Crippen LogP contribution is 2.43. The molecule has 5 rings (SSSR count). The second-order valence-corrected chi connectivity index (χ2v) is 12.4. The smallest absolute Gasteiger partial charge is 0.338 e. The number of carboxylic acids is 1. The summed E-state index contributed by atoms with van der Waals surface area (Å²) in [5.74, 6) is -7.04. The van der Waals surface area contributed by atoms with E-state index in [1.165, 1.54) is 29.7 Å². The highest BCUT2D eigenvalue weighted by molar-refractivity contribution is 7.11. The number of hydrogen-bond acceptors (Lipinski definition) is 9. The van der Waals surface area contributed by atoms with E-state index in [9.17, 15) is 19.1 Å². The van der Waals surface area contributed by atoms with Crippen LogP contribution in [0.4, 0.5) is 17.6 Å². The number of rotatable bonds is 10. The Kier molecular flexibility index (Phi) is 8.65. The van der Waals surface area contributed by atoms with Crippen LogP contribution in [0.2, 0.25) is 0 Å². The molecule has 43 heavy (non-hydrogen) atoms. The quantitative estimate of drug-likeness (QED) is 0.299. The monoisotopic (exact) mass is 623 g/mol. The number of carboxylic acid groups (broad SMARTS) is 1. The average molecular weight is 624 g/mol. The molecule has 2 saturated heterocycles. The van der Waals surface area contributed by atoms with Crippen molar-refractivity contribution in [3.8, 4) is 0 Å². The van der Waals surface area contributed by atoms with E-state index in [-0.39, 0.29) is 48.8 Å². The molecule has 0 bridgehead atoms. The number of esters is 1. The fourth-order valence-corrected chi connectivity index (χ4v) is 6.57. The molecular formula is C29H33F4N5O4S. The average Bonchev–Trinajstić information content (AvgIpc) is 3.68. The fraction of sp³-hybridized carbons (Fsp3) is 0.517. The standard InChI is InChI=1S/C29H33F4N5O4S/c1-4-42-26(39)20-18(35-24(25-34-10-13-43-25)36-22(20)16-6-5-7-17(30)21(16)31)14-38-15-29(32,33)23-19(38)8-11-37(23)12-9-28(2,3)27(40)41/h5-7,10,13,19,22-23H,4,8-9,11-12,14-15H2,1-3H3,(H,35,36)(H,40,41)/t19-,22+,23+/m0/s1. The maximum Gasteiger partial charge on any atom is 0.338 e. The van der Waals surface area contributed by atoms with Crippen molar-refractivity contribution < 1.29 is 37.0 Å². The van der Waals surface area contributed by atoms with Gasteiger partial charge in [-0.2, -0.15) is 0 Å². The lowest BCUT2D eigenvalue weighted by Crippen LogP contribution is -2.46. The van der Waals surface area contributed by atoms with Gasteiger partial charge in [-0.3, -0.25) is 19.6 Å². The maximum atomic E-state index is 15.6. The molecule has 9 nitrogen and oxygen atoms in total. The summed E-state index contributed by atoms with van der Waals surface area (Å²) in [4.78, 5) is 37.0. The van der Waals surface area contributed by atoms with Crippen LogP contribution in [0, 0.1) is 17.0 Å². The van der Waals surface area contributed by atoms with Crippen LogP contribution < -0.4 is 5.32 Å². The summed E-state index contributed by atoms with van der Waals surface area (Å²) in [5.41, 5.74) is -1.18. The first kappa shape index (κ1) is 31.1. The zero-order valence-corrected chi connectivity index (χ0v) is 24.8. The summed E-state index contributed by atoms with van der Waals surface area (Å²) < 4.78 is 66.0. The van der Waals surface area contributed by atoms with Gasteiger partial charge in [-0.15, -0.1) is 11.3 Å². The number of likely N-dealkylation sites (tertiary alicyclic amines) is 2. The van der Waals surface area contributed by atoms with Crippen molar-refractivity contribution in [1.82, 2.24) is 20.1 Å². The molecule has 1 aromatic carbocycles. The van der Waals surface area contributed by atoms with E-state index in [1.54, 1.807) is 36.0 Å². The number of thiazole rings is 1. The summed E-state index contributed by atoms with van der Waals surface area (Å²) in [6, 6.07) is 0.531. The SMILES string of the molecule is CCOC(=O)C1=C(CN2CC(F)(F)[C@H]3[C@@H]2CCN3CCC(C)(C)C(=O)O)NC(c2nccs2)=N[C@@H]1c1cccc(F)c1F. The molecule has 0 unspecified atom stereocenters. The van der Waals surface area contributed by atoms with Gasteiger partial charge in [0.2, 0.25) is 0 Å². The summed E-state index contributed by atoms with van der Waals surface area (Å²) in [5, 5.41) is 14.7. The van der Waals surface area contributed by atoms with Gasteiger partial charge < -0.3 is 15.2 Å². The molecule has 3 aliphatic rings. The Morgan fingerprint density at radius 2 is 2.02 bits per heavy atom. The minimum atomic E-state index is -3.12. The third-order valence-corrected chi connectivity index (χ3v) is 9.06. The number of halogens is 4. The van der Waals surface area contributed by atoms with Gasteiger partial charge in [0.15, 0.2) is 22.5 Å². The molecule has 1 aromatic heterocycles. The Labute approximate surface area is 250 Å². The van der Waals surface area contributed by atoms with Gasteiger partial charge in [0.05, 0.1) is 30.2 Å². The van der Waals surface area contributed by atoms with Crippen molar-refractivity contribution in [3.05, 3.63) is 63.3 Å². The molecule has 2 N–H and O–H groups in total. The van der Waals surface area contributed by atoms with Crippen molar-refractivity contribution >= 4 is 29.1 Å². The summed E-state index contributed by atoms with van der Waals surface area (Å²) in [6.07, 6.45) is 2.15. The Morgan fingerprint density at radius 1 is 1.26 bits per heavy atom. The number of nitrogens with one attached hydrogen (secondary N) is 1. The van der Waals surface area contributed by atoms with Crippen LogP contribution >= 0.6 is 11.3 Å². The van der Waals surface area contributed by atoms with E-state index < -0.39 is 59.6 Å². The van der Waals surface area contributed by atoms with E-state index in [0.717, 1.165) is 6.07 Å². The lowest BCUT2D eigenvalue weighted by Gasteiger charge is -2.31. The van der Waals surface area contributed by atoms with Crippen molar-refractivity contribution in [2.24, 2.45) is 10.4 Å². The van der Waals surface area contributed by atoms with Gasteiger partial charge in [-0.1, -0.05) is 12.1 Å². The minimum Gasteiger partial charge on any atom is -0.481 e. The molecule has 0 spiro atoms. The lowest BCUT2D eigenvalue weighted by atomic mass is 9.89. The van der Waals surface area contributed by atoms with Crippen LogP contribution in [0.3, 0.4) is 0 Å². The molecule has 0 saturated carbocycles. The number of fused-ring (bicyclic) bond motifs is 1. The van der Waals surface area contributed by atoms with Gasteiger partial charge in [-0.25, -0.2) is 27.3 Å². The van der Waals surface area contributed by atoms with E-state index in [2.05, 4.69) is 15.3 Å². The maximum absolute atomic E-state index is 15.6. The molecule has 2 aromatic rings. The molecular weight excluding hydrogens is 590 g/mol. The number of aliphatic carboxylic acids is 1. The minimum absolute atomic E-state index is 0.00878. The zero-order valence-electron chi connectivity index (χ0n) is 23.9. The highest BCUT2D eigenvalue weighted by Gasteiger charge is 2.59. The largest absolute Gasteiger partial charge is 0.481 e. The van der Waals surface area contributed by atoms with E-state index >= 15 is 13.2 Å². The predicted octanol–water partition coefficient (Wildman–Crippen LogP) is 4.22. The summed E-state index contributed by atoms with van der Waals surface area (Å²) in [6.45, 7) is 4.53. The summed E-state index contributed by atoms with van der Waals surface area (Å²) >= 11 is 1.23. The molecule has 0 aliphatic carbocycles. The first-order valence-electron chi connectivity index (χ1n) is 14.0.